The molecule has 0 aliphatic heterocycles. The van der Waals surface area contributed by atoms with Gasteiger partial charge in [0.15, 0.2) is 0 Å². The number of nitrogens with one attached hydrogen (secondary N) is 1. The van der Waals surface area contributed by atoms with Crippen molar-refractivity contribution in [1.82, 2.24) is 4.98 Å². The minimum atomic E-state index is -0.563. The van der Waals surface area contributed by atoms with Gasteiger partial charge in [-0.25, -0.2) is 4.98 Å². The molecule has 0 saturated heterocycles. The predicted octanol–water partition coefficient (Wildman–Crippen LogP) is 0.726. The first-order chi connectivity index (χ1) is 9.08. The number of rotatable bonds is 4. The van der Waals surface area contributed by atoms with E-state index < -0.39 is 5.91 Å². The van der Waals surface area contributed by atoms with Crippen molar-refractivity contribution in [3.8, 4) is 0 Å². The topological polar surface area (TPSA) is 114 Å². The quantitative estimate of drug-likeness (QED) is 0.640. The maximum absolute atomic E-state index is 11.3. The summed E-state index contributed by atoms with van der Waals surface area (Å²) in [6.07, 6.45) is 5.21. The smallest absolute Gasteiger partial charge is 0.252 e. The van der Waals surface area contributed by atoms with E-state index >= 15 is 0 Å². The number of carbonyl (C=O) groups is 1. The van der Waals surface area contributed by atoms with Crippen molar-refractivity contribution in [3.63, 3.8) is 0 Å². The molecule has 1 aliphatic carbocycles. The Morgan fingerprint density at radius 3 is 2.89 bits per heavy atom. The summed E-state index contributed by atoms with van der Waals surface area (Å²) in [6, 6.07) is 1.51. The Balaban J connectivity index is 2.04. The summed E-state index contributed by atoms with van der Waals surface area (Å²) >= 11 is 0. The first-order valence-electron chi connectivity index (χ1n) is 6.55. The van der Waals surface area contributed by atoms with E-state index in [0.717, 1.165) is 25.7 Å². The average Bonchev–Trinajstić information content (AvgIpc) is 2.38. The summed E-state index contributed by atoms with van der Waals surface area (Å²) in [6.45, 7) is 0.582. The Labute approximate surface area is 112 Å². The molecule has 2 unspecified atom stereocenters. The SMILES string of the molecule is NC(=O)c1cc(N)cnc1NCC1CCCCC1O. The average molecular weight is 264 g/mol. The van der Waals surface area contributed by atoms with Gasteiger partial charge in [-0.05, 0) is 18.9 Å². The number of aliphatic hydroxyl groups is 1. The van der Waals surface area contributed by atoms with Crippen LogP contribution in [0, 0.1) is 5.92 Å². The van der Waals surface area contributed by atoms with Crippen LogP contribution in [-0.4, -0.2) is 28.6 Å². The second kappa shape index (κ2) is 5.88. The van der Waals surface area contributed by atoms with Crippen molar-refractivity contribution in [1.29, 1.82) is 0 Å². The molecular weight excluding hydrogens is 244 g/mol. The molecule has 2 rings (SSSR count). The summed E-state index contributed by atoms with van der Waals surface area (Å²) in [7, 11) is 0. The number of hydrogen-bond acceptors (Lipinski definition) is 5. The number of nitrogens with two attached hydrogens (primary N) is 2. The van der Waals surface area contributed by atoms with E-state index in [9.17, 15) is 9.90 Å². The lowest BCUT2D eigenvalue weighted by atomic mass is 9.86. The number of nitrogen functional groups attached to an aromatic ring is 1. The number of aliphatic hydroxyl groups excluding tert-OH is 1. The number of anilines is 2. The highest BCUT2D eigenvalue weighted by molar-refractivity contribution is 5.98. The maximum Gasteiger partial charge on any atom is 0.252 e. The van der Waals surface area contributed by atoms with E-state index in [1.54, 1.807) is 0 Å². The van der Waals surface area contributed by atoms with Crippen molar-refractivity contribution in [2.75, 3.05) is 17.6 Å². The van der Waals surface area contributed by atoms with E-state index in [4.69, 9.17) is 11.5 Å². The molecular formula is C13H20N4O2. The van der Waals surface area contributed by atoms with Gasteiger partial charge in [-0.15, -0.1) is 0 Å². The molecule has 19 heavy (non-hydrogen) atoms. The zero-order valence-electron chi connectivity index (χ0n) is 10.8. The molecule has 1 aromatic heterocycles. The molecule has 1 amide bonds. The zero-order valence-corrected chi connectivity index (χ0v) is 10.8. The minimum absolute atomic E-state index is 0.189. The van der Waals surface area contributed by atoms with Crippen LogP contribution in [-0.2, 0) is 0 Å². The van der Waals surface area contributed by atoms with Gasteiger partial charge in [0.1, 0.15) is 5.82 Å². The zero-order chi connectivity index (χ0) is 13.8. The Morgan fingerprint density at radius 2 is 2.21 bits per heavy atom. The van der Waals surface area contributed by atoms with Crippen LogP contribution >= 0.6 is 0 Å². The lowest BCUT2D eigenvalue weighted by Crippen LogP contribution is -2.31. The van der Waals surface area contributed by atoms with Crippen LogP contribution in [0.1, 0.15) is 36.0 Å². The fourth-order valence-corrected chi connectivity index (χ4v) is 2.46. The van der Waals surface area contributed by atoms with Crippen LogP contribution < -0.4 is 16.8 Å². The van der Waals surface area contributed by atoms with Gasteiger partial charge >= 0.3 is 0 Å². The highest BCUT2D eigenvalue weighted by Gasteiger charge is 2.23. The van der Waals surface area contributed by atoms with Crippen LogP contribution in [0.5, 0.6) is 0 Å². The van der Waals surface area contributed by atoms with E-state index in [1.807, 2.05) is 0 Å². The van der Waals surface area contributed by atoms with Crippen molar-refractivity contribution < 1.29 is 9.90 Å². The number of aromatic nitrogens is 1. The third kappa shape index (κ3) is 3.35. The van der Waals surface area contributed by atoms with Gasteiger partial charge in [0.2, 0.25) is 0 Å². The molecule has 0 aromatic carbocycles. The Kier molecular flexibility index (Phi) is 4.21. The van der Waals surface area contributed by atoms with E-state index in [2.05, 4.69) is 10.3 Å². The molecule has 2 atom stereocenters. The highest BCUT2D eigenvalue weighted by atomic mass is 16.3. The van der Waals surface area contributed by atoms with E-state index in [1.165, 1.54) is 12.3 Å². The summed E-state index contributed by atoms with van der Waals surface area (Å²) < 4.78 is 0. The summed E-state index contributed by atoms with van der Waals surface area (Å²) in [5.74, 6) is 0.0554. The second-order valence-electron chi connectivity index (χ2n) is 5.02. The van der Waals surface area contributed by atoms with Crippen LogP contribution in [0.25, 0.3) is 0 Å². The molecule has 6 heteroatoms. The van der Waals surface area contributed by atoms with Crippen molar-refractivity contribution >= 4 is 17.4 Å². The number of carbonyl (C=O) groups excluding carboxylic acids is 1. The largest absolute Gasteiger partial charge is 0.397 e. The first kappa shape index (κ1) is 13.6. The molecule has 0 bridgehead atoms. The third-order valence-corrected chi connectivity index (χ3v) is 3.57. The lowest BCUT2D eigenvalue weighted by Gasteiger charge is -2.28. The van der Waals surface area contributed by atoms with E-state index in [0.29, 0.717) is 18.1 Å². The van der Waals surface area contributed by atoms with Gasteiger partial charge in [-0.2, -0.15) is 0 Å². The van der Waals surface area contributed by atoms with Gasteiger partial charge in [0.05, 0.1) is 23.6 Å². The third-order valence-electron chi connectivity index (χ3n) is 3.57. The number of primary amides is 1. The summed E-state index contributed by atoms with van der Waals surface area (Å²) in [5, 5.41) is 13.0. The molecule has 104 valence electrons. The summed E-state index contributed by atoms with van der Waals surface area (Å²) in [4.78, 5) is 15.4. The standard InChI is InChI=1S/C13H20N4O2/c14-9-5-10(12(15)19)13(17-7-9)16-6-8-3-1-2-4-11(8)18/h5,7-8,11,18H,1-4,6,14H2,(H2,15,19)(H,16,17). The molecule has 1 saturated carbocycles. The molecule has 6 N–H and O–H groups in total. The van der Waals surface area contributed by atoms with Gasteiger partial charge in [0, 0.05) is 12.5 Å². The van der Waals surface area contributed by atoms with Gasteiger partial charge < -0.3 is 21.9 Å². The molecule has 0 radical (unpaired) electrons. The van der Waals surface area contributed by atoms with Crippen molar-refractivity contribution in [2.45, 2.75) is 31.8 Å². The van der Waals surface area contributed by atoms with Crippen LogP contribution in [0.3, 0.4) is 0 Å². The fraction of sp³-hybridized carbons (Fsp3) is 0.538. The van der Waals surface area contributed by atoms with Crippen LogP contribution in [0.4, 0.5) is 11.5 Å². The molecule has 1 aliphatic rings. The van der Waals surface area contributed by atoms with Crippen molar-refractivity contribution in [2.24, 2.45) is 11.7 Å². The maximum atomic E-state index is 11.3. The van der Waals surface area contributed by atoms with Gasteiger partial charge in [-0.3, -0.25) is 4.79 Å². The number of nitrogens with zero attached hydrogens (tertiary/aromatic N) is 1. The Morgan fingerprint density at radius 1 is 1.47 bits per heavy atom. The van der Waals surface area contributed by atoms with Crippen LogP contribution in [0.15, 0.2) is 12.3 Å². The van der Waals surface area contributed by atoms with Gasteiger partial charge in [0.25, 0.3) is 5.91 Å². The van der Waals surface area contributed by atoms with E-state index in [-0.39, 0.29) is 17.6 Å². The minimum Gasteiger partial charge on any atom is -0.397 e. The lowest BCUT2D eigenvalue weighted by molar-refractivity contribution is 0.0763. The van der Waals surface area contributed by atoms with Gasteiger partial charge in [-0.1, -0.05) is 12.8 Å². The fourth-order valence-electron chi connectivity index (χ4n) is 2.46. The Bertz CT molecular complexity index is 464. The van der Waals surface area contributed by atoms with Crippen LogP contribution in [0.2, 0.25) is 0 Å². The number of hydrogen-bond donors (Lipinski definition) is 4. The number of pyridine rings is 1. The summed E-state index contributed by atoms with van der Waals surface area (Å²) in [5.41, 5.74) is 11.6. The molecule has 6 nitrogen and oxygen atoms in total. The first-order valence-corrected chi connectivity index (χ1v) is 6.55. The Hall–Kier alpha value is -1.82. The molecule has 0 spiro atoms. The molecule has 1 heterocycles. The molecule has 1 fully saturated rings. The monoisotopic (exact) mass is 264 g/mol. The second-order valence-corrected chi connectivity index (χ2v) is 5.02. The predicted molar refractivity (Wildman–Crippen MR) is 73.6 cm³/mol. The highest BCUT2D eigenvalue weighted by Crippen LogP contribution is 2.25. The normalized spacial score (nSPS) is 23.0. The van der Waals surface area contributed by atoms with Crippen molar-refractivity contribution in [3.05, 3.63) is 17.8 Å². The molecule has 1 aromatic rings. The number of amides is 1.